The van der Waals surface area contributed by atoms with Crippen LogP contribution in [0.1, 0.15) is 63.1 Å². The van der Waals surface area contributed by atoms with E-state index in [4.69, 9.17) is 0 Å². The van der Waals surface area contributed by atoms with Crippen molar-refractivity contribution in [1.29, 1.82) is 0 Å². The summed E-state index contributed by atoms with van der Waals surface area (Å²) >= 11 is 0. The van der Waals surface area contributed by atoms with Crippen molar-refractivity contribution in [3.8, 4) is 0 Å². The molecule has 2 aliphatic rings. The zero-order chi connectivity index (χ0) is 14.7. The summed E-state index contributed by atoms with van der Waals surface area (Å²) in [6.45, 7) is 0.905. The highest BCUT2D eigenvalue weighted by molar-refractivity contribution is 5.78. The first-order valence-electron chi connectivity index (χ1n) is 8.36. The van der Waals surface area contributed by atoms with Gasteiger partial charge in [0, 0.05) is 30.4 Å². The maximum absolute atomic E-state index is 12.9. The van der Waals surface area contributed by atoms with Crippen molar-refractivity contribution in [2.75, 3.05) is 13.6 Å². The van der Waals surface area contributed by atoms with Crippen molar-refractivity contribution in [3.05, 3.63) is 24.0 Å². The molecule has 4 nitrogen and oxygen atoms in total. The topological polar surface area (TPSA) is 48.1 Å². The van der Waals surface area contributed by atoms with E-state index in [-0.39, 0.29) is 11.6 Å². The van der Waals surface area contributed by atoms with Crippen LogP contribution in [0.2, 0.25) is 0 Å². The fourth-order valence-electron chi connectivity index (χ4n) is 4.07. The summed E-state index contributed by atoms with van der Waals surface area (Å²) in [6.07, 6.45) is 10.9. The highest BCUT2D eigenvalue weighted by Crippen LogP contribution is 2.35. The normalized spacial score (nSPS) is 25.2. The number of nitrogens with one attached hydrogen (secondary N) is 2. The first kappa shape index (κ1) is 14.6. The van der Waals surface area contributed by atoms with Gasteiger partial charge in [0.15, 0.2) is 0 Å². The highest BCUT2D eigenvalue weighted by Gasteiger charge is 2.37. The number of hydrogen-bond donors (Lipinski definition) is 2. The molecule has 1 unspecified atom stereocenters. The molecule has 116 valence electrons. The van der Waals surface area contributed by atoms with Gasteiger partial charge in [0.05, 0.1) is 6.04 Å². The number of amides is 1. The molecular formula is C17H27N3O. The van der Waals surface area contributed by atoms with E-state index in [0.717, 1.165) is 32.2 Å². The van der Waals surface area contributed by atoms with Gasteiger partial charge in [-0.2, -0.15) is 0 Å². The molecule has 1 aromatic rings. The zero-order valence-electron chi connectivity index (χ0n) is 13.0. The largest absolute Gasteiger partial charge is 0.363 e. The molecule has 1 atom stereocenters. The van der Waals surface area contributed by atoms with Gasteiger partial charge in [0.25, 0.3) is 0 Å². The van der Waals surface area contributed by atoms with E-state index in [2.05, 4.69) is 21.3 Å². The van der Waals surface area contributed by atoms with Gasteiger partial charge in [-0.05, 0) is 44.9 Å². The van der Waals surface area contributed by atoms with Crippen LogP contribution in [0.15, 0.2) is 18.3 Å². The molecule has 0 radical (unpaired) electrons. The third-order valence-electron chi connectivity index (χ3n) is 5.38. The molecule has 2 heterocycles. The fraction of sp³-hybridized carbons (Fsp3) is 0.706. The second-order valence-corrected chi connectivity index (χ2v) is 6.64. The summed E-state index contributed by atoms with van der Waals surface area (Å²) < 4.78 is 0. The van der Waals surface area contributed by atoms with Crippen molar-refractivity contribution < 1.29 is 4.79 Å². The molecule has 3 rings (SSSR count). The first-order chi connectivity index (χ1) is 10.2. The summed E-state index contributed by atoms with van der Waals surface area (Å²) in [5, 5.41) is 3.47. The van der Waals surface area contributed by atoms with Gasteiger partial charge in [-0.1, -0.05) is 19.3 Å². The lowest BCUT2D eigenvalue weighted by Gasteiger charge is -2.38. The molecule has 21 heavy (non-hydrogen) atoms. The Labute approximate surface area is 127 Å². The average molecular weight is 289 g/mol. The van der Waals surface area contributed by atoms with Gasteiger partial charge in [-0.25, -0.2) is 0 Å². The lowest BCUT2D eigenvalue weighted by atomic mass is 9.79. The Balaban J connectivity index is 1.69. The minimum Gasteiger partial charge on any atom is -0.363 e. The average Bonchev–Trinajstić information content (AvgIpc) is 3.18. The smallest absolute Gasteiger partial charge is 0.224 e. The number of hydrogen-bond acceptors (Lipinski definition) is 2. The Kier molecular flexibility index (Phi) is 4.34. The van der Waals surface area contributed by atoms with Crippen molar-refractivity contribution in [2.24, 2.45) is 0 Å². The minimum absolute atomic E-state index is 0.0399. The van der Waals surface area contributed by atoms with Gasteiger partial charge >= 0.3 is 0 Å². The van der Waals surface area contributed by atoms with Gasteiger partial charge in [-0.3, -0.25) is 4.79 Å². The number of aromatic nitrogens is 1. The maximum Gasteiger partial charge on any atom is 0.224 e. The number of likely N-dealkylation sites (tertiary alicyclic amines) is 1. The lowest BCUT2D eigenvalue weighted by Crippen LogP contribution is -2.48. The number of aromatic amines is 1. The predicted octanol–water partition coefficient (Wildman–Crippen LogP) is 2.99. The lowest BCUT2D eigenvalue weighted by molar-refractivity contribution is -0.134. The molecule has 1 aromatic heterocycles. The van der Waals surface area contributed by atoms with Crippen molar-refractivity contribution in [2.45, 2.75) is 62.9 Å². The standard InChI is InChI=1S/C17H27N3O/c1-18-17(9-3-2-4-10-17)13-16(21)20-12-6-8-15(20)14-7-5-11-19-14/h5,7,11,15,18-19H,2-4,6,8-10,12-13H2,1H3. The third kappa shape index (κ3) is 3.00. The quantitative estimate of drug-likeness (QED) is 0.895. The fourth-order valence-corrected chi connectivity index (χ4v) is 4.07. The molecule has 0 bridgehead atoms. The van der Waals surface area contributed by atoms with E-state index < -0.39 is 0 Å². The van der Waals surface area contributed by atoms with E-state index in [0.29, 0.717) is 12.3 Å². The van der Waals surface area contributed by atoms with Crippen LogP contribution in [0.3, 0.4) is 0 Å². The van der Waals surface area contributed by atoms with E-state index in [1.165, 1.54) is 25.0 Å². The molecular weight excluding hydrogens is 262 g/mol. The summed E-state index contributed by atoms with van der Waals surface area (Å²) in [4.78, 5) is 18.2. The second-order valence-electron chi connectivity index (χ2n) is 6.64. The number of carbonyl (C=O) groups is 1. The SMILES string of the molecule is CNC1(CC(=O)N2CCCC2c2ccc[nH]2)CCCCC1. The summed E-state index contributed by atoms with van der Waals surface area (Å²) in [7, 11) is 2.02. The van der Waals surface area contributed by atoms with Gasteiger partial charge in [0.2, 0.25) is 5.91 Å². The van der Waals surface area contributed by atoms with Crippen LogP contribution in [0, 0.1) is 0 Å². The Bertz CT molecular complexity index is 462. The Morgan fingerprint density at radius 1 is 1.38 bits per heavy atom. The molecule has 1 aliphatic heterocycles. The number of carbonyl (C=O) groups excluding carboxylic acids is 1. The van der Waals surface area contributed by atoms with Crippen LogP contribution in [-0.2, 0) is 4.79 Å². The zero-order valence-corrected chi connectivity index (χ0v) is 13.0. The van der Waals surface area contributed by atoms with E-state index in [9.17, 15) is 4.79 Å². The van der Waals surface area contributed by atoms with E-state index in [1.807, 2.05) is 19.3 Å². The number of rotatable bonds is 4. The molecule has 1 saturated carbocycles. The molecule has 1 aliphatic carbocycles. The highest BCUT2D eigenvalue weighted by atomic mass is 16.2. The molecule has 0 aromatic carbocycles. The Hall–Kier alpha value is -1.29. The van der Waals surface area contributed by atoms with Crippen molar-refractivity contribution in [3.63, 3.8) is 0 Å². The molecule has 4 heteroatoms. The molecule has 1 amide bonds. The van der Waals surface area contributed by atoms with Crippen LogP contribution in [0.4, 0.5) is 0 Å². The van der Waals surface area contributed by atoms with Crippen LogP contribution in [-0.4, -0.2) is 34.9 Å². The van der Waals surface area contributed by atoms with Crippen LogP contribution in [0.25, 0.3) is 0 Å². The number of nitrogens with zero attached hydrogens (tertiary/aromatic N) is 1. The minimum atomic E-state index is 0.0399. The van der Waals surface area contributed by atoms with Crippen LogP contribution >= 0.6 is 0 Å². The van der Waals surface area contributed by atoms with Gasteiger partial charge in [-0.15, -0.1) is 0 Å². The monoisotopic (exact) mass is 289 g/mol. The third-order valence-corrected chi connectivity index (χ3v) is 5.38. The van der Waals surface area contributed by atoms with Crippen molar-refractivity contribution >= 4 is 5.91 Å². The summed E-state index contributed by atoms with van der Waals surface area (Å²) in [5.41, 5.74) is 1.22. The summed E-state index contributed by atoms with van der Waals surface area (Å²) in [5.74, 6) is 0.323. The van der Waals surface area contributed by atoms with Crippen LogP contribution < -0.4 is 5.32 Å². The number of H-pyrrole nitrogens is 1. The van der Waals surface area contributed by atoms with Crippen molar-refractivity contribution in [1.82, 2.24) is 15.2 Å². The van der Waals surface area contributed by atoms with E-state index in [1.54, 1.807) is 0 Å². The Morgan fingerprint density at radius 2 is 2.19 bits per heavy atom. The first-order valence-corrected chi connectivity index (χ1v) is 8.36. The van der Waals surface area contributed by atoms with E-state index >= 15 is 0 Å². The van der Waals surface area contributed by atoms with Gasteiger partial charge < -0.3 is 15.2 Å². The van der Waals surface area contributed by atoms with Gasteiger partial charge in [0.1, 0.15) is 0 Å². The molecule has 0 spiro atoms. The maximum atomic E-state index is 12.9. The predicted molar refractivity (Wildman–Crippen MR) is 84.0 cm³/mol. The molecule has 2 N–H and O–H groups in total. The molecule has 2 fully saturated rings. The second kappa shape index (κ2) is 6.22. The molecule has 1 saturated heterocycles. The summed E-state index contributed by atoms with van der Waals surface area (Å²) in [6, 6.07) is 4.38. The van der Waals surface area contributed by atoms with Crippen LogP contribution in [0.5, 0.6) is 0 Å². The Morgan fingerprint density at radius 3 is 2.86 bits per heavy atom.